The lowest BCUT2D eigenvalue weighted by Gasteiger charge is -2.19. The molecule has 0 spiro atoms. The van der Waals surface area contributed by atoms with E-state index in [0.717, 1.165) is 18.2 Å². The number of carboxylic acid groups (broad SMARTS) is 2. The van der Waals surface area contributed by atoms with Crippen LogP contribution in [0.25, 0.3) is 10.8 Å². The molecule has 3 rings (SSSR count). The first-order chi connectivity index (χ1) is 11.0. The van der Waals surface area contributed by atoms with E-state index in [2.05, 4.69) is 3.63 Å². The number of nitrogens with two attached hydrogens (primary N) is 1. The third-order valence-electron chi connectivity index (χ3n) is 3.42. The van der Waals surface area contributed by atoms with Gasteiger partial charge in [0.05, 0.1) is 21.7 Å². The highest BCUT2D eigenvalue weighted by Gasteiger charge is 2.39. The Balaban J connectivity index is 2.77. The van der Waals surface area contributed by atoms with E-state index in [0.29, 0.717) is 0 Å². The first kappa shape index (κ1) is 16.2. The summed E-state index contributed by atoms with van der Waals surface area (Å²) in [6, 6.07) is 2.85. The minimum Gasteiger partial charge on any atom is -0.478 e. The number of carbonyl (C=O) groups is 2. The molecule has 0 saturated heterocycles. The lowest BCUT2D eigenvalue weighted by Crippen LogP contribution is -2.23. The molecule has 4 N–H and O–H groups in total. The molecule has 10 nitrogen and oxygen atoms in total. The second kappa shape index (κ2) is 4.66. The van der Waals surface area contributed by atoms with Crippen molar-refractivity contribution in [2.45, 2.75) is 9.79 Å². The van der Waals surface area contributed by atoms with Gasteiger partial charge in [-0.25, -0.2) is 9.59 Å². The van der Waals surface area contributed by atoms with Gasteiger partial charge in [-0.15, -0.1) is 3.63 Å². The van der Waals surface area contributed by atoms with Gasteiger partial charge in [0.25, 0.3) is 0 Å². The van der Waals surface area contributed by atoms with Gasteiger partial charge >= 0.3 is 32.2 Å². The molecule has 0 fully saturated rings. The molecule has 0 unspecified atom stereocenters. The summed E-state index contributed by atoms with van der Waals surface area (Å²) < 4.78 is 52.6. The summed E-state index contributed by atoms with van der Waals surface area (Å²) in [5.74, 6) is -3.63. The Kier molecular flexibility index (Phi) is 3.14. The van der Waals surface area contributed by atoms with Gasteiger partial charge in [-0.2, -0.15) is 16.8 Å². The molecule has 2 aromatic carbocycles. The van der Waals surface area contributed by atoms with Crippen molar-refractivity contribution in [2.75, 3.05) is 5.73 Å². The fourth-order valence-corrected chi connectivity index (χ4v) is 5.35. The van der Waals surface area contributed by atoms with E-state index in [-0.39, 0.29) is 10.8 Å². The van der Waals surface area contributed by atoms with Crippen molar-refractivity contribution in [2.24, 2.45) is 0 Å². The van der Waals surface area contributed by atoms with E-state index in [9.17, 15) is 36.6 Å². The number of nitrogen functional groups attached to an aromatic ring is 1. The quantitative estimate of drug-likeness (QED) is 0.617. The molecule has 0 amide bonds. The second-order valence-electron chi connectivity index (χ2n) is 4.79. The second-order valence-corrected chi connectivity index (χ2v) is 8.03. The van der Waals surface area contributed by atoms with Gasteiger partial charge in [0.15, 0.2) is 0 Å². The van der Waals surface area contributed by atoms with Crippen molar-refractivity contribution in [3.8, 4) is 0 Å². The molecule has 24 heavy (non-hydrogen) atoms. The minimum atomic E-state index is -5.20. The summed E-state index contributed by atoms with van der Waals surface area (Å²) in [7, 11) is -9.96. The Morgan fingerprint density at radius 2 is 1.50 bits per heavy atom. The van der Waals surface area contributed by atoms with E-state index < -0.39 is 58.8 Å². The summed E-state index contributed by atoms with van der Waals surface area (Å²) in [4.78, 5) is 21.2. The number of fused-ring (bicyclic) bond motifs is 2. The van der Waals surface area contributed by atoms with Crippen LogP contribution in [0.1, 0.15) is 20.7 Å². The normalized spacial score (nSPS) is 17.5. The highest BCUT2D eigenvalue weighted by molar-refractivity contribution is 8.00. The van der Waals surface area contributed by atoms with Crippen LogP contribution in [0.3, 0.4) is 0 Å². The maximum atomic E-state index is 12.2. The summed E-state index contributed by atoms with van der Waals surface area (Å²) in [6.45, 7) is 0. The van der Waals surface area contributed by atoms with Gasteiger partial charge in [0.2, 0.25) is 0 Å². The predicted octanol–water partition coefficient (Wildman–Crippen LogP) is 0.226. The zero-order chi connectivity index (χ0) is 18.0. The number of hydrogen-bond donors (Lipinski definition) is 3. The highest BCUT2D eigenvalue weighted by Crippen LogP contribution is 2.40. The van der Waals surface area contributed by atoms with Crippen molar-refractivity contribution in [3.05, 3.63) is 29.3 Å². The first-order valence-corrected chi connectivity index (χ1v) is 8.86. The lowest BCUT2D eigenvalue weighted by molar-refractivity contribution is 0.0650. The van der Waals surface area contributed by atoms with E-state index in [1.807, 2.05) is 0 Å². The van der Waals surface area contributed by atoms with Crippen LogP contribution in [-0.2, 0) is 23.9 Å². The number of aromatic carboxylic acids is 2. The number of rotatable bonds is 2. The van der Waals surface area contributed by atoms with Crippen LogP contribution in [0.2, 0.25) is 0 Å². The minimum absolute atomic E-state index is 0.211. The fourth-order valence-electron chi connectivity index (χ4n) is 2.50. The summed E-state index contributed by atoms with van der Waals surface area (Å²) in [5, 5.41) is 18.2. The van der Waals surface area contributed by atoms with Crippen molar-refractivity contribution in [3.63, 3.8) is 0 Å². The zero-order valence-electron chi connectivity index (χ0n) is 11.4. The summed E-state index contributed by atoms with van der Waals surface area (Å²) >= 11 is 0. The predicted molar refractivity (Wildman–Crippen MR) is 77.7 cm³/mol. The smallest absolute Gasteiger partial charge is 0.338 e. The Bertz CT molecular complexity index is 1160. The average molecular weight is 373 g/mol. The molecule has 3 bridgehead atoms. The van der Waals surface area contributed by atoms with E-state index >= 15 is 0 Å². The maximum Gasteiger partial charge on any atom is 0.338 e. The standard InChI is InChI=1S/C12H7NO9S2/c13-9-6-3-4-1-2-5(6)7(11(14)15)8(12(16)17)10(9)24(20,21)22-23(4,18)19/h1-3H,13H2,(H,14,15)(H,16,17). The van der Waals surface area contributed by atoms with Crippen LogP contribution in [0, 0.1) is 0 Å². The van der Waals surface area contributed by atoms with Gasteiger partial charge in [0, 0.05) is 5.39 Å². The van der Waals surface area contributed by atoms with E-state index in [1.54, 1.807) is 0 Å². The van der Waals surface area contributed by atoms with Gasteiger partial charge in [-0.05, 0) is 17.5 Å². The number of carboxylic acids is 2. The van der Waals surface area contributed by atoms with Crippen LogP contribution < -0.4 is 5.73 Å². The molecule has 1 aliphatic rings. The third-order valence-corrected chi connectivity index (χ3v) is 6.61. The molecule has 0 atom stereocenters. The Morgan fingerprint density at radius 1 is 0.917 bits per heavy atom. The number of hydrogen-bond acceptors (Lipinski definition) is 8. The molecule has 0 saturated carbocycles. The number of anilines is 1. The molecular weight excluding hydrogens is 366 g/mol. The van der Waals surface area contributed by atoms with Crippen LogP contribution in [0.4, 0.5) is 5.69 Å². The molecule has 0 radical (unpaired) electrons. The van der Waals surface area contributed by atoms with Crippen LogP contribution >= 0.6 is 0 Å². The largest absolute Gasteiger partial charge is 0.478 e. The van der Waals surface area contributed by atoms with Gasteiger partial charge in [-0.3, -0.25) is 0 Å². The van der Waals surface area contributed by atoms with Crippen molar-refractivity contribution >= 4 is 48.6 Å². The summed E-state index contributed by atoms with van der Waals surface area (Å²) in [6.07, 6.45) is 0. The highest BCUT2D eigenvalue weighted by atomic mass is 32.3. The molecule has 1 heterocycles. The van der Waals surface area contributed by atoms with Crippen molar-refractivity contribution < 1.29 is 40.3 Å². The van der Waals surface area contributed by atoms with Crippen LogP contribution in [-0.4, -0.2) is 39.0 Å². The Labute approximate surface area is 134 Å². The van der Waals surface area contributed by atoms with E-state index in [4.69, 9.17) is 5.73 Å². The van der Waals surface area contributed by atoms with E-state index in [1.165, 1.54) is 0 Å². The van der Waals surface area contributed by atoms with Crippen molar-refractivity contribution in [1.29, 1.82) is 0 Å². The van der Waals surface area contributed by atoms with Crippen molar-refractivity contribution in [1.82, 2.24) is 0 Å². The molecule has 0 aromatic heterocycles. The molecule has 0 aliphatic carbocycles. The first-order valence-electron chi connectivity index (χ1n) is 6.04. The topological polar surface area (TPSA) is 178 Å². The average Bonchev–Trinajstić information content (AvgIpc) is 2.43. The molecule has 12 heteroatoms. The molecule has 2 aromatic rings. The monoisotopic (exact) mass is 373 g/mol. The third kappa shape index (κ3) is 2.04. The summed E-state index contributed by atoms with van der Waals surface area (Å²) in [5.41, 5.74) is 3.08. The number of benzene rings is 2. The van der Waals surface area contributed by atoms with Gasteiger partial charge in [0.1, 0.15) is 4.90 Å². The van der Waals surface area contributed by atoms with Gasteiger partial charge in [-0.1, -0.05) is 6.07 Å². The van der Waals surface area contributed by atoms with Crippen LogP contribution in [0.15, 0.2) is 28.0 Å². The maximum absolute atomic E-state index is 12.2. The SMILES string of the molecule is Nc1c2c(C(=O)O)c(C(=O)O)c3ccc(cc13)S(=O)(=O)OS2(=O)=O. The lowest BCUT2D eigenvalue weighted by atomic mass is 9.97. The molecular formula is C12H7NO9S2. The van der Waals surface area contributed by atoms with Crippen LogP contribution in [0.5, 0.6) is 0 Å². The Morgan fingerprint density at radius 3 is 2.04 bits per heavy atom. The zero-order valence-corrected chi connectivity index (χ0v) is 13.0. The molecule has 126 valence electrons. The molecule has 1 aliphatic heterocycles. The van der Waals surface area contributed by atoms with Gasteiger partial charge < -0.3 is 15.9 Å². The Hall–Kier alpha value is -2.70. The fraction of sp³-hybridized carbons (Fsp3) is 0.